The monoisotopic (exact) mass is 422 g/mol. The average molecular weight is 423 g/mol. The lowest BCUT2D eigenvalue weighted by atomic mass is 10.2. The summed E-state index contributed by atoms with van der Waals surface area (Å²) in [5.74, 6) is -0.362. The zero-order chi connectivity index (χ0) is 19.3. The fourth-order valence-electron chi connectivity index (χ4n) is 2.17. The van der Waals surface area contributed by atoms with Crippen LogP contribution >= 0.6 is 22.9 Å². The normalized spacial score (nSPS) is 11.3. The molecule has 0 saturated heterocycles. The van der Waals surface area contributed by atoms with Gasteiger partial charge in [0.05, 0.1) is 4.90 Å². The van der Waals surface area contributed by atoms with Crippen LogP contribution in [0.5, 0.6) is 0 Å². The van der Waals surface area contributed by atoms with Gasteiger partial charge in [0.1, 0.15) is 5.01 Å². The molecule has 0 atom stereocenters. The van der Waals surface area contributed by atoms with Gasteiger partial charge in [-0.05, 0) is 18.2 Å². The van der Waals surface area contributed by atoms with Crippen LogP contribution in [0.2, 0.25) is 5.02 Å². The quantitative estimate of drug-likeness (QED) is 0.609. The third-order valence-electron chi connectivity index (χ3n) is 3.44. The minimum atomic E-state index is -3.72. The van der Waals surface area contributed by atoms with Gasteiger partial charge in [-0.2, -0.15) is 0 Å². The number of amides is 1. The molecule has 3 rings (SSSR count). The van der Waals surface area contributed by atoms with E-state index in [9.17, 15) is 13.2 Å². The number of rotatable bonds is 7. The number of aromatic nitrogens is 2. The molecule has 0 unspecified atom stereocenters. The summed E-state index contributed by atoms with van der Waals surface area (Å²) in [6, 6.07) is 15.4. The van der Waals surface area contributed by atoms with Gasteiger partial charge >= 0.3 is 0 Å². The number of carbonyl (C=O) groups excluding carboxylic acids is 1. The van der Waals surface area contributed by atoms with Gasteiger partial charge in [0, 0.05) is 23.6 Å². The number of hydrogen-bond acceptors (Lipinski definition) is 6. The van der Waals surface area contributed by atoms with Crippen LogP contribution in [0.15, 0.2) is 59.5 Å². The first-order valence-electron chi connectivity index (χ1n) is 7.88. The summed E-state index contributed by atoms with van der Waals surface area (Å²) < 4.78 is 26.7. The molecule has 2 N–H and O–H groups in total. The number of carbonyl (C=O) groups is 1. The van der Waals surface area contributed by atoms with Crippen LogP contribution < -0.4 is 10.0 Å². The molecule has 0 aliphatic rings. The second-order valence-corrected chi connectivity index (χ2v) is 8.61. The topological polar surface area (TPSA) is 101 Å². The van der Waals surface area contributed by atoms with E-state index in [0.29, 0.717) is 15.2 Å². The lowest BCUT2D eigenvalue weighted by Crippen LogP contribution is -2.27. The smallest absolute Gasteiger partial charge is 0.240 e. The molecule has 140 valence electrons. The molecule has 7 nitrogen and oxygen atoms in total. The Morgan fingerprint density at radius 3 is 2.59 bits per heavy atom. The Morgan fingerprint density at radius 2 is 1.85 bits per heavy atom. The van der Waals surface area contributed by atoms with E-state index in [1.54, 1.807) is 12.1 Å². The lowest BCUT2D eigenvalue weighted by Gasteiger charge is -2.06. The predicted octanol–water partition coefficient (Wildman–Crippen LogP) is 3.17. The second kappa shape index (κ2) is 8.57. The molecule has 0 bridgehead atoms. The maximum absolute atomic E-state index is 12.2. The zero-order valence-corrected chi connectivity index (χ0v) is 16.3. The van der Waals surface area contributed by atoms with Crippen LogP contribution in [-0.4, -0.2) is 31.1 Å². The molecule has 1 amide bonds. The molecule has 0 saturated carbocycles. The van der Waals surface area contributed by atoms with Gasteiger partial charge in [0.25, 0.3) is 0 Å². The van der Waals surface area contributed by atoms with Gasteiger partial charge < -0.3 is 5.32 Å². The maximum Gasteiger partial charge on any atom is 0.240 e. The maximum atomic E-state index is 12.2. The SMILES string of the molecule is O=C(CCNS(=O)(=O)c1cccc(Cl)c1)Nc1nnc(-c2ccccc2)s1. The number of nitrogens with one attached hydrogen (secondary N) is 2. The van der Waals surface area contributed by atoms with Crippen molar-refractivity contribution in [2.24, 2.45) is 0 Å². The van der Waals surface area contributed by atoms with Crippen LogP contribution in [0.3, 0.4) is 0 Å². The highest BCUT2D eigenvalue weighted by atomic mass is 35.5. The molecule has 3 aromatic rings. The molecule has 0 radical (unpaired) electrons. The predicted molar refractivity (Wildman–Crippen MR) is 105 cm³/mol. The van der Waals surface area contributed by atoms with Crippen molar-refractivity contribution in [1.82, 2.24) is 14.9 Å². The summed E-state index contributed by atoms with van der Waals surface area (Å²) in [4.78, 5) is 12.1. The van der Waals surface area contributed by atoms with Crippen LogP contribution in [0.25, 0.3) is 10.6 Å². The zero-order valence-electron chi connectivity index (χ0n) is 13.9. The first-order valence-corrected chi connectivity index (χ1v) is 10.6. The van der Waals surface area contributed by atoms with Crippen molar-refractivity contribution < 1.29 is 13.2 Å². The Hall–Kier alpha value is -2.33. The molecule has 2 aromatic carbocycles. The third-order valence-corrected chi connectivity index (χ3v) is 6.02. The minimum Gasteiger partial charge on any atom is -0.300 e. The van der Waals surface area contributed by atoms with E-state index >= 15 is 0 Å². The molecule has 1 aromatic heterocycles. The highest BCUT2D eigenvalue weighted by molar-refractivity contribution is 7.89. The number of nitrogens with zero attached hydrogens (tertiary/aromatic N) is 2. The van der Waals surface area contributed by atoms with Gasteiger partial charge in [0.15, 0.2) is 0 Å². The van der Waals surface area contributed by atoms with E-state index in [2.05, 4.69) is 20.2 Å². The molecule has 0 fully saturated rings. The summed E-state index contributed by atoms with van der Waals surface area (Å²) >= 11 is 7.05. The summed E-state index contributed by atoms with van der Waals surface area (Å²) in [6.45, 7) is -0.0506. The molecule has 0 aliphatic carbocycles. The van der Waals surface area contributed by atoms with Crippen LogP contribution in [0.1, 0.15) is 6.42 Å². The molecule has 0 spiro atoms. The van der Waals surface area contributed by atoms with Crippen molar-refractivity contribution in [1.29, 1.82) is 0 Å². The standard InChI is InChI=1S/C17H15ClN4O3S2/c18-13-7-4-8-14(11-13)27(24,25)19-10-9-15(23)20-17-22-21-16(26-17)12-5-2-1-3-6-12/h1-8,11,19H,9-10H2,(H,20,22,23). The molecule has 10 heteroatoms. The van der Waals surface area contributed by atoms with Crippen molar-refractivity contribution in [3.63, 3.8) is 0 Å². The van der Waals surface area contributed by atoms with E-state index in [-0.39, 0.29) is 23.8 Å². The van der Waals surface area contributed by atoms with Gasteiger partial charge in [-0.25, -0.2) is 13.1 Å². The molecular weight excluding hydrogens is 408 g/mol. The Bertz CT molecular complexity index is 1040. The average Bonchev–Trinajstić information content (AvgIpc) is 3.11. The van der Waals surface area contributed by atoms with Gasteiger partial charge in [-0.1, -0.05) is 59.3 Å². The summed E-state index contributed by atoms with van der Waals surface area (Å²) in [7, 11) is -3.72. The first kappa shape index (κ1) is 19.4. The number of halogens is 1. The Labute approximate surface area is 165 Å². The van der Waals surface area contributed by atoms with Crippen LogP contribution in [0, 0.1) is 0 Å². The highest BCUT2D eigenvalue weighted by Crippen LogP contribution is 2.25. The van der Waals surface area contributed by atoms with E-state index in [1.807, 2.05) is 30.3 Å². The van der Waals surface area contributed by atoms with Crippen molar-refractivity contribution in [3.05, 3.63) is 59.6 Å². The molecule has 27 heavy (non-hydrogen) atoms. The summed E-state index contributed by atoms with van der Waals surface area (Å²) in [5, 5.41) is 11.9. The van der Waals surface area contributed by atoms with E-state index in [4.69, 9.17) is 11.6 Å². The first-order chi connectivity index (χ1) is 12.9. The number of anilines is 1. The van der Waals surface area contributed by atoms with E-state index in [0.717, 1.165) is 5.56 Å². The third kappa shape index (κ3) is 5.33. The van der Waals surface area contributed by atoms with Crippen LogP contribution in [0.4, 0.5) is 5.13 Å². The van der Waals surface area contributed by atoms with Crippen molar-refractivity contribution >= 4 is 44.0 Å². The molecular formula is C17H15ClN4O3S2. The number of sulfonamides is 1. The minimum absolute atomic E-state index is 0.0416. The van der Waals surface area contributed by atoms with Crippen molar-refractivity contribution in [3.8, 4) is 10.6 Å². The fourth-order valence-corrected chi connectivity index (χ4v) is 4.27. The van der Waals surface area contributed by atoms with E-state index < -0.39 is 10.0 Å². The van der Waals surface area contributed by atoms with Gasteiger partial charge in [0.2, 0.25) is 21.1 Å². The van der Waals surface area contributed by atoms with Crippen LogP contribution in [-0.2, 0) is 14.8 Å². The van der Waals surface area contributed by atoms with Crippen molar-refractivity contribution in [2.75, 3.05) is 11.9 Å². The summed E-state index contributed by atoms with van der Waals surface area (Å²) in [5.41, 5.74) is 0.907. The lowest BCUT2D eigenvalue weighted by molar-refractivity contribution is -0.116. The second-order valence-electron chi connectivity index (χ2n) is 5.43. The van der Waals surface area contributed by atoms with E-state index in [1.165, 1.54) is 23.5 Å². The van der Waals surface area contributed by atoms with Gasteiger partial charge in [-0.15, -0.1) is 10.2 Å². The molecule has 1 heterocycles. The largest absolute Gasteiger partial charge is 0.300 e. The number of hydrogen-bond donors (Lipinski definition) is 2. The Morgan fingerprint density at radius 1 is 1.07 bits per heavy atom. The highest BCUT2D eigenvalue weighted by Gasteiger charge is 2.15. The van der Waals surface area contributed by atoms with Crippen molar-refractivity contribution in [2.45, 2.75) is 11.3 Å². The Balaban J connectivity index is 1.52. The Kier molecular flexibility index (Phi) is 6.17. The number of benzene rings is 2. The fraction of sp³-hybridized carbons (Fsp3) is 0.118. The summed E-state index contributed by atoms with van der Waals surface area (Å²) in [6.07, 6.45) is -0.0416. The molecule has 0 aliphatic heterocycles. The van der Waals surface area contributed by atoms with Gasteiger partial charge in [-0.3, -0.25) is 4.79 Å².